The minimum Gasteiger partial charge on any atom is -0.756 e. The summed E-state index contributed by atoms with van der Waals surface area (Å²) >= 11 is 0. The lowest BCUT2D eigenvalue weighted by Crippen LogP contribution is -2.37. The van der Waals surface area contributed by atoms with Gasteiger partial charge in [-0.1, -0.05) is 319 Å². The Hall–Kier alpha value is -2.03. The second kappa shape index (κ2) is 61.5. The van der Waals surface area contributed by atoms with Crippen LogP contribution in [0.15, 0.2) is 48.6 Å². The number of esters is 2. The Labute approximate surface area is 496 Å². The van der Waals surface area contributed by atoms with Crippen molar-refractivity contribution in [1.82, 2.24) is 0 Å². The molecule has 0 aliphatic rings. The lowest BCUT2D eigenvalue weighted by atomic mass is 10.0. The smallest absolute Gasteiger partial charge is 0.306 e. The van der Waals surface area contributed by atoms with Crippen molar-refractivity contribution < 1.29 is 42.1 Å². The van der Waals surface area contributed by atoms with Gasteiger partial charge in [0.05, 0.1) is 27.7 Å². The molecule has 0 aromatic heterocycles. The number of phosphoric ester groups is 1. The van der Waals surface area contributed by atoms with Crippen molar-refractivity contribution in [1.29, 1.82) is 0 Å². The van der Waals surface area contributed by atoms with E-state index < -0.39 is 26.5 Å². The van der Waals surface area contributed by atoms with Gasteiger partial charge >= 0.3 is 11.9 Å². The maximum atomic E-state index is 12.8. The van der Waals surface area contributed by atoms with E-state index in [2.05, 4.69) is 62.5 Å². The monoisotopic (exact) mass is 1150 g/mol. The zero-order valence-electron chi connectivity index (χ0n) is 53.5. The van der Waals surface area contributed by atoms with Crippen LogP contribution >= 0.6 is 7.82 Å². The Bertz CT molecular complexity index is 1490. The van der Waals surface area contributed by atoms with E-state index in [1.807, 2.05) is 21.1 Å². The van der Waals surface area contributed by atoms with Crippen molar-refractivity contribution in [3.05, 3.63) is 48.6 Å². The molecule has 0 spiro atoms. The fraction of sp³-hybridized carbons (Fsp3) is 0.857. The first-order valence-electron chi connectivity index (χ1n) is 34.3. The van der Waals surface area contributed by atoms with Gasteiger partial charge in [0.15, 0.2) is 6.10 Å². The number of nitrogens with zero attached hydrogens (tertiary/aromatic N) is 1. The highest BCUT2D eigenvalue weighted by molar-refractivity contribution is 7.45. The minimum absolute atomic E-state index is 0.0322. The molecule has 470 valence electrons. The zero-order valence-corrected chi connectivity index (χ0v) is 54.4. The maximum absolute atomic E-state index is 12.8. The van der Waals surface area contributed by atoms with E-state index in [0.29, 0.717) is 17.4 Å². The van der Waals surface area contributed by atoms with Crippen LogP contribution in [0.1, 0.15) is 335 Å². The highest BCUT2D eigenvalue weighted by Gasteiger charge is 2.22. The van der Waals surface area contributed by atoms with E-state index in [4.69, 9.17) is 18.5 Å². The Kier molecular flexibility index (Phi) is 60.0. The lowest BCUT2D eigenvalue weighted by molar-refractivity contribution is -0.870. The van der Waals surface area contributed by atoms with Gasteiger partial charge in [0.1, 0.15) is 19.8 Å². The number of phosphoric acid groups is 1. The van der Waals surface area contributed by atoms with Gasteiger partial charge in [-0.2, -0.15) is 0 Å². The average Bonchev–Trinajstić information content (AvgIpc) is 3.42. The van der Waals surface area contributed by atoms with Crippen molar-refractivity contribution in [3.63, 3.8) is 0 Å². The molecule has 80 heavy (non-hydrogen) atoms. The highest BCUT2D eigenvalue weighted by Crippen LogP contribution is 2.38. The summed E-state index contributed by atoms with van der Waals surface area (Å²) in [6.07, 6.45) is 79.2. The fourth-order valence-corrected chi connectivity index (χ4v) is 10.9. The molecular weight excluding hydrogens is 1010 g/mol. The van der Waals surface area contributed by atoms with E-state index in [1.54, 1.807) is 0 Å². The highest BCUT2D eigenvalue weighted by atomic mass is 31.2. The predicted molar refractivity (Wildman–Crippen MR) is 342 cm³/mol. The van der Waals surface area contributed by atoms with Crippen LogP contribution in [0.5, 0.6) is 0 Å². The molecule has 0 aromatic rings. The number of carbonyl (C=O) groups is 2. The molecule has 2 atom stereocenters. The number of hydrogen-bond acceptors (Lipinski definition) is 8. The quantitative estimate of drug-likeness (QED) is 0.0195. The number of unbranched alkanes of at least 4 members (excludes halogenated alkanes) is 42. The molecule has 0 N–H and O–H groups in total. The van der Waals surface area contributed by atoms with Crippen molar-refractivity contribution in [2.45, 2.75) is 341 Å². The Morgan fingerprint density at radius 3 is 1.06 bits per heavy atom. The molecule has 9 nitrogen and oxygen atoms in total. The summed E-state index contributed by atoms with van der Waals surface area (Å²) in [6.45, 7) is 4.17. The topological polar surface area (TPSA) is 111 Å². The van der Waals surface area contributed by atoms with Gasteiger partial charge in [0, 0.05) is 12.8 Å². The first-order chi connectivity index (χ1) is 39.0. The molecule has 0 saturated carbocycles. The third kappa shape index (κ3) is 65.1. The SMILES string of the molecule is CC/C=C\C/C=C\C/C=C\C/C=C\CCCCCCCCCCC(=O)OC(COC(=O)CCCCCCCCCCCCCCCCCCCCCCCCCCCCCCCCCCCCC)COP(=O)([O-])OCC[N+](C)(C)C. The summed E-state index contributed by atoms with van der Waals surface area (Å²) in [5, 5.41) is 0. The van der Waals surface area contributed by atoms with Gasteiger partial charge in [-0.3, -0.25) is 14.2 Å². The molecule has 0 radical (unpaired) electrons. The zero-order chi connectivity index (χ0) is 58.4. The van der Waals surface area contributed by atoms with Gasteiger partial charge in [-0.25, -0.2) is 0 Å². The molecule has 0 saturated heterocycles. The normalized spacial score (nSPS) is 13.4. The second-order valence-electron chi connectivity index (χ2n) is 24.5. The van der Waals surface area contributed by atoms with Crippen LogP contribution in [-0.2, 0) is 32.7 Å². The Morgan fingerprint density at radius 1 is 0.400 bits per heavy atom. The van der Waals surface area contributed by atoms with Crippen molar-refractivity contribution in [2.75, 3.05) is 47.5 Å². The van der Waals surface area contributed by atoms with Crippen LogP contribution < -0.4 is 4.89 Å². The van der Waals surface area contributed by atoms with E-state index in [-0.39, 0.29) is 32.0 Å². The fourth-order valence-electron chi connectivity index (χ4n) is 10.1. The van der Waals surface area contributed by atoms with Crippen LogP contribution in [0.4, 0.5) is 0 Å². The minimum atomic E-state index is -4.64. The molecule has 0 amide bonds. The molecule has 10 heteroatoms. The summed E-state index contributed by atoms with van der Waals surface area (Å²) < 4.78 is 34.3. The number of rotatable bonds is 64. The van der Waals surface area contributed by atoms with E-state index in [0.717, 1.165) is 70.6 Å². The molecule has 0 bridgehead atoms. The molecule has 0 fully saturated rings. The molecule has 0 rings (SSSR count). The third-order valence-corrected chi connectivity index (χ3v) is 16.3. The number of likely N-dealkylation sites (N-methyl/N-ethyl adjacent to an activating group) is 1. The summed E-state index contributed by atoms with van der Waals surface area (Å²) in [6, 6.07) is 0. The van der Waals surface area contributed by atoms with Gasteiger partial charge in [0.2, 0.25) is 0 Å². The van der Waals surface area contributed by atoms with E-state index in [1.165, 1.54) is 231 Å². The molecule has 0 aliphatic carbocycles. The summed E-state index contributed by atoms with van der Waals surface area (Å²) in [5.41, 5.74) is 0. The van der Waals surface area contributed by atoms with Gasteiger partial charge in [-0.15, -0.1) is 0 Å². The number of quaternary nitrogens is 1. The van der Waals surface area contributed by atoms with Crippen molar-refractivity contribution in [2.24, 2.45) is 0 Å². The number of carbonyl (C=O) groups excluding carboxylic acids is 2. The van der Waals surface area contributed by atoms with Crippen LogP contribution in [0.3, 0.4) is 0 Å². The molecular formula is C70H132NO8P. The molecule has 0 heterocycles. The maximum Gasteiger partial charge on any atom is 0.306 e. The van der Waals surface area contributed by atoms with Gasteiger partial charge in [-0.05, 0) is 51.4 Å². The Morgan fingerprint density at radius 2 is 0.713 bits per heavy atom. The standard InChI is InChI=1S/C70H132NO8P/c1-6-8-10-12-14-16-18-20-22-24-26-28-29-30-31-32-33-34-35-36-37-38-39-40-41-43-44-46-48-50-52-54-56-58-60-62-69(72)76-66-68(67-78-80(74,75)77-65-64-71(3,4)5)79-70(73)63-61-59-57-55-53-51-49-47-45-42-27-25-23-21-19-17-15-13-11-9-7-2/h9,11,15,17,21,23,27,42,68H,6-8,10,12-14,16,18-20,22,24-26,28-41,43-67H2,1-5H3/b11-9-,17-15-,23-21-,42-27-. The number of hydrogen-bond donors (Lipinski definition) is 0. The molecule has 0 aliphatic heterocycles. The molecule has 0 aromatic carbocycles. The predicted octanol–water partition coefficient (Wildman–Crippen LogP) is 21.4. The summed E-state index contributed by atoms with van der Waals surface area (Å²) in [4.78, 5) is 38.0. The van der Waals surface area contributed by atoms with Crippen LogP contribution in [0.25, 0.3) is 0 Å². The van der Waals surface area contributed by atoms with Crippen LogP contribution in [-0.4, -0.2) is 70.0 Å². The van der Waals surface area contributed by atoms with Gasteiger partial charge < -0.3 is 27.9 Å². The van der Waals surface area contributed by atoms with Crippen LogP contribution in [0, 0.1) is 0 Å². The summed E-state index contributed by atoms with van der Waals surface area (Å²) in [5.74, 6) is -0.829. The second-order valence-corrected chi connectivity index (χ2v) is 25.9. The largest absolute Gasteiger partial charge is 0.756 e. The van der Waals surface area contributed by atoms with Crippen molar-refractivity contribution in [3.8, 4) is 0 Å². The number of ether oxygens (including phenoxy) is 2. The number of allylic oxidation sites excluding steroid dienone is 8. The third-order valence-electron chi connectivity index (χ3n) is 15.4. The first kappa shape index (κ1) is 78.0. The van der Waals surface area contributed by atoms with E-state index in [9.17, 15) is 19.0 Å². The van der Waals surface area contributed by atoms with Gasteiger partial charge in [0.25, 0.3) is 7.82 Å². The first-order valence-corrected chi connectivity index (χ1v) is 35.8. The lowest BCUT2D eigenvalue weighted by Gasteiger charge is -2.28. The average molecular weight is 1150 g/mol. The van der Waals surface area contributed by atoms with Crippen molar-refractivity contribution >= 4 is 19.8 Å². The Balaban J connectivity index is 3.95. The molecule has 2 unspecified atom stereocenters. The summed E-state index contributed by atoms with van der Waals surface area (Å²) in [7, 11) is 1.17. The van der Waals surface area contributed by atoms with E-state index >= 15 is 0 Å². The van der Waals surface area contributed by atoms with Crippen LogP contribution in [0.2, 0.25) is 0 Å².